The lowest BCUT2D eigenvalue weighted by Gasteiger charge is -2.02. The molecule has 14 heavy (non-hydrogen) atoms. The minimum absolute atomic E-state index is 0.296. The minimum atomic E-state index is -0.296. The predicted molar refractivity (Wildman–Crippen MR) is 56.6 cm³/mol. The van der Waals surface area contributed by atoms with Crippen LogP contribution in [0.4, 0.5) is 0 Å². The van der Waals surface area contributed by atoms with Crippen molar-refractivity contribution < 1.29 is 0 Å². The van der Waals surface area contributed by atoms with Gasteiger partial charge in [-0.05, 0) is 19.1 Å². The minimum Gasteiger partial charge on any atom is -0.337 e. The van der Waals surface area contributed by atoms with Gasteiger partial charge in [0.2, 0.25) is 0 Å². The fraction of sp³-hybridized carbons (Fsp3) is 0.200. The van der Waals surface area contributed by atoms with E-state index in [9.17, 15) is 0 Å². The number of hydrogen-bond donors (Lipinski definition) is 3. The normalized spacial score (nSPS) is 13.0. The molecular formula is C10H12N4. The Balaban J connectivity index is 2.50. The molecule has 2 aromatic rings. The lowest BCUT2D eigenvalue weighted by molar-refractivity contribution is 0.952. The molecular weight excluding hydrogens is 176 g/mol. The molecule has 0 aliphatic carbocycles. The maximum absolute atomic E-state index is 7.70. The van der Waals surface area contributed by atoms with E-state index in [1.165, 1.54) is 0 Å². The molecule has 0 radical (unpaired) electrons. The molecule has 1 unspecified atom stereocenters. The maximum atomic E-state index is 7.70. The number of hydrogen-bond acceptors (Lipinski definition) is 3. The quantitative estimate of drug-likeness (QED) is 0.621. The van der Waals surface area contributed by atoms with Gasteiger partial charge in [-0.1, -0.05) is 12.1 Å². The SMILES string of the molecule is CC(N)C(=N)c1nc2ccccc2[nH]1. The number of rotatable bonds is 2. The first-order valence-corrected chi connectivity index (χ1v) is 4.47. The van der Waals surface area contributed by atoms with Gasteiger partial charge in [0.15, 0.2) is 5.82 Å². The number of nitrogens with one attached hydrogen (secondary N) is 2. The summed E-state index contributed by atoms with van der Waals surface area (Å²) < 4.78 is 0. The molecule has 72 valence electrons. The van der Waals surface area contributed by atoms with E-state index in [1.807, 2.05) is 24.3 Å². The number of para-hydroxylation sites is 2. The van der Waals surface area contributed by atoms with Crippen molar-refractivity contribution in [2.24, 2.45) is 5.73 Å². The summed E-state index contributed by atoms with van der Waals surface area (Å²) in [5, 5.41) is 7.70. The van der Waals surface area contributed by atoms with Crippen LogP contribution in [0.3, 0.4) is 0 Å². The summed E-state index contributed by atoms with van der Waals surface area (Å²) in [6.45, 7) is 1.77. The van der Waals surface area contributed by atoms with Crippen LogP contribution < -0.4 is 5.73 Å². The summed E-state index contributed by atoms with van der Waals surface area (Å²) in [5.74, 6) is 0.557. The van der Waals surface area contributed by atoms with Crippen molar-refractivity contribution in [3.8, 4) is 0 Å². The van der Waals surface area contributed by atoms with Crippen LogP contribution in [0.1, 0.15) is 12.7 Å². The summed E-state index contributed by atoms with van der Waals surface area (Å²) in [7, 11) is 0. The summed E-state index contributed by atoms with van der Waals surface area (Å²) >= 11 is 0. The van der Waals surface area contributed by atoms with Gasteiger partial charge in [0.25, 0.3) is 0 Å². The highest BCUT2D eigenvalue weighted by molar-refractivity contribution is 6.00. The molecule has 4 N–H and O–H groups in total. The van der Waals surface area contributed by atoms with E-state index in [1.54, 1.807) is 6.92 Å². The number of aromatic amines is 1. The second-order valence-corrected chi connectivity index (χ2v) is 3.30. The summed E-state index contributed by atoms with van der Waals surface area (Å²) in [6, 6.07) is 7.39. The second-order valence-electron chi connectivity index (χ2n) is 3.30. The molecule has 2 rings (SSSR count). The van der Waals surface area contributed by atoms with Crippen molar-refractivity contribution in [2.45, 2.75) is 13.0 Å². The van der Waals surface area contributed by atoms with E-state index >= 15 is 0 Å². The zero-order chi connectivity index (χ0) is 10.1. The van der Waals surface area contributed by atoms with Gasteiger partial charge in [-0.2, -0.15) is 0 Å². The summed E-state index contributed by atoms with van der Waals surface area (Å²) in [5.41, 5.74) is 7.75. The van der Waals surface area contributed by atoms with Crippen LogP contribution in [0, 0.1) is 5.41 Å². The molecule has 1 atom stereocenters. The monoisotopic (exact) mass is 188 g/mol. The third-order valence-electron chi connectivity index (χ3n) is 2.10. The van der Waals surface area contributed by atoms with Gasteiger partial charge in [-0.25, -0.2) is 4.98 Å². The molecule has 4 nitrogen and oxygen atoms in total. The number of imidazole rings is 1. The van der Waals surface area contributed by atoms with Gasteiger partial charge >= 0.3 is 0 Å². The molecule has 1 aromatic heterocycles. The molecule has 0 amide bonds. The first-order chi connectivity index (χ1) is 6.68. The van der Waals surface area contributed by atoms with Crippen molar-refractivity contribution in [1.29, 1.82) is 5.41 Å². The predicted octanol–water partition coefficient (Wildman–Crippen LogP) is 1.28. The zero-order valence-corrected chi connectivity index (χ0v) is 7.91. The molecule has 0 fully saturated rings. The average molecular weight is 188 g/mol. The highest BCUT2D eigenvalue weighted by atomic mass is 14.9. The Bertz CT molecular complexity index is 437. The molecule has 1 heterocycles. The average Bonchev–Trinajstić information content (AvgIpc) is 2.59. The van der Waals surface area contributed by atoms with Crippen molar-refractivity contribution in [2.75, 3.05) is 0 Å². The fourth-order valence-corrected chi connectivity index (χ4v) is 1.30. The van der Waals surface area contributed by atoms with E-state index in [0.717, 1.165) is 11.0 Å². The van der Waals surface area contributed by atoms with Crippen molar-refractivity contribution in [3.63, 3.8) is 0 Å². The highest BCUT2D eigenvalue weighted by Crippen LogP contribution is 2.10. The maximum Gasteiger partial charge on any atom is 0.153 e. The van der Waals surface area contributed by atoms with Gasteiger partial charge in [-0.15, -0.1) is 0 Å². The van der Waals surface area contributed by atoms with Crippen LogP contribution in [-0.4, -0.2) is 21.7 Å². The first-order valence-electron chi connectivity index (χ1n) is 4.47. The van der Waals surface area contributed by atoms with E-state index < -0.39 is 0 Å². The van der Waals surface area contributed by atoms with Crippen molar-refractivity contribution >= 4 is 16.7 Å². The second kappa shape index (κ2) is 3.23. The van der Waals surface area contributed by atoms with Crippen LogP contribution in [0.5, 0.6) is 0 Å². The van der Waals surface area contributed by atoms with Crippen LogP contribution in [0.15, 0.2) is 24.3 Å². The lowest BCUT2D eigenvalue weighted by atomic mass is 10.2. The van der Waals surface area contributed by atoms with Crippen LogP contribution in [0.25, 0.3) is 11.0 Å². The number of aromatic nitrogens is 2. The third kappa shape index (κ3) is 1.40. The van der Waals surface area contributed by atoms with Crippen LogP contribution in [-0.2, 0) is 0 Å². The van der Waals surface area contributed by atoms with E-state index in [2.05, 4.69) is 9.97 Å². The van der Waals surface area contributed by atoms with E-state index in [4.69, 9.17) is 11.1 Å². The molecule has 0 aliphatic heterocycles. The topological polar surface area (TPSA) is 78.6 Å². The largest absolute Gasteiger partial charge is 0.337 e. The number of nitrogens with two attached hydrogens (primary N) is 1. The Morgan fingerprint density at radius 1 is 1.50 bits per heavy atom. The van der Waals surface area contributed by atoms with Gasteiger partial charge in [0, 0.05) is 6.04 Å². The third-order valence-corrected chi connectivity index (χ3v) is 2.10. The number of nitrogens with zero attached hydrogens (tertiary/aromatic N) is 1. The molecule has 0 bridgehead atoms. The highest BCUT2D eigenvalue weighted by Gasteiger charge is 2.10. The molecule has 4 heteroatoms. The number of benzene rings is 1. The van der Waals surface area contributed by atoms with E-state index in [0.29, 0.717) is 11.5 Å². The molecule has 0 saturated heterocycles. The van der Waals surface area contributed by atoms with E-state index in [-0.39, 0.29) is 6.04 Å². The Labute approximate surface area is 81.7 Å². The van der Waals surface area contributed by atoms with Crippen LogP contribution in [0.2, 0.25) is 0 Å². The van der Waals surface area contributed by atoms with Gasteiger partial charge < -0.3 is 10.7 Å². The summed E-state index contributed by atoms with van der Waals surface area (Å²) in [6.07, 6.45) is 0. The Kier molecular flexibility index (Phi) is 2.05. The van der Waals surface area contributed by atoms with Gasteiger partial charge in [0.05, 0.1) is 16.7 Å². The van der Waals surface area contributed by atoms with Crippen LogP contribution >= 0.6 is 0 Å². The number of H-pyrrole nitrogens is 1. The molecule has 1 aromatic carbocycles. The lowest BCUT2D eigenvalue weighted by Crippen LogP contribution is -2.27. The molecule has 0 saturated carbocycles. The Morgan fingerprint density at radius 3 is 2.86 bits per heavy atom. The molecule has 0 spiro atoms. The first kappa shape index (κ1) is 8.90. The standard InChI is InChI=1S/C10H12N4/c1-6(11)9(12)10-13-7-4-2-3-5-8(7)14-10/h2-6,12H,11H2,1H3,(H,13,14). The smallest absolute Gasteiger partial charge is 0.153 e. The van der Waals surface area contributed by atoms with Crippen molar-refractivity contribution in [1.82, 2.24) is 9.97 Å². The zero-order valence-electron chi connectivity index (χ0n) is 7.91. The Hall–Kier alpha value is -1.68. The van der Waals surface area contributed by atoms with Gasteiger partial charge in [-0.3, -0.25) is 5.41 Å². The fourth-order valence-electron chi connectivity index (χ4n) is 1.30. The van der Waals surface area contributed by atoms with Crippen molar-refractivity contribution in [3.05, 3.63) is 30.1 Å². The number of fused-ring (bicyclic) bond motifs is 1. The Morgan fingerprint density at radius 2 is 2.21 bits per heavy atom. The molecule has 0 aliphatic rings. The summed E-state index contributed by atoms with van der Waals surface area (Å²) in [4.78, 5) is 7.33. The van der Waals surface area contributed by atoms with Gasteiger partial charge in [0.1, 0.15) is 0 Å².